The van der Waals surface area contributed by atoms with Crippen LogP contribution in [0.5, 0.6) is 0 Å². The second kappa shape index (κ2) is 4.36. The number of nitrogens with zero attached hydrogens (tertiary/aromatic N) is 1. The number of fused-ring (bicyclic) bond motifs is 2. The van der Waals surface area contributed by atoms with Crippen molar-refractivity contribution < 1.29 is 0 Å². The van der Waals surface area contributed by atoms with Gasteiger partial charge in [0.1, 0.15) is 0 Å². The second-order valence-corrected chi connectivity index (χ2v) is 5.15. The first-order valence-electron chi connectivity index (χ1n) is 5.91. The maximum atomic E-state index is 6.16. The lowest BCUT2D eigenvalue weighted by molar-refractivity contribution is 0.243. The van der Waals surface area contributed by atoms with Crippen LogP contribution >= 0.6 is 11.6 Å². The molecule has 2 saturated heterocycles. The Hall–Kier alpha value is -0.570. The number of halogens is 1. The van der Waals surface area contributed by atoms with Gasteiger partial charge in [-0.3, -0.25) is 4.90 Å². The molecule has 1 radical (unpaired) electrons. The van der Waals surface area contributed by atoms with E-state index in [0.29, 0.717) is 12.1 Å². The van der Waals surface area contributed by atoms with Crippen LogP contribution in [0, 0.1) is 6.54 Å². The molecule has 2 fully saturated rings. The number of nitrogens with one attached hydrogen (secondary N) is 1. The Kier molecular flexibility index (Phi) is 2.88. The summed E-state index contributed by atoms with van der Waals surface area (Å²) in [6, 6.07) is 9.39. The Balaban J connectivity index is 1.69. The summed E-state index contributed by atoms with van der Waals surface area (Å²) >= 11 is 6.16. The molecule has 1 aromatic carbocycles. The first kappa shape index (κ1) is 10.6. The molecule has 2 bridgehead atoms. The van der Waals surface area contributed by atoms with Crippen molar-refractivity contribution in [1.82, 2.24) is 10.2 Å². The predicted octanol–water partition coefficient (Wildman–Crippen LogP) is 2.29. The van der Waals surface area contributed by atoms with Crippen LogP contribution in [0.15, 0.2) is 24.3 Å². The average Bonchev–Trinajstić information content (AvgIpc) is 2.62. The molecule has 85 valence electrons. The highest BCUT2D eigenvalue weighted by Gasteiger charge is 2.32. The molecule has 2 aliphatic rings. The maximum Gasteiger partial charge on any atom is 0.0561 e. The fourth-order valence-electron chi connectivity index (χ4n) is 2.71. The molecule has 1 N–H and O–H groups in total. The van der Waals surface area contributed by atoms with Gasteiger partial charge in [0.15, 0.2) is 0 Å². The normalized spacial score (nSPS) is 29.6. The molecule has 1 aromatic rings. The minimum Gasteiger partial charge on any atom is -0.309 e. The number of piperazine rings is 1. The van der Waals surface area contributed by atoms with Gasteiger partial charge in [-0.25, -0.2) is 0 Å². The molecule has 0 aliphatic carbocycles. The van der Waals surface area contributed by atoms with Gasteiger partial charge in [-0.2, -0.15) is 0 Å². The van der Waals surface area contributed by atoms with Crippen molar-refractivity contribution in [1.29, 1.82) is 0 Å². The number of benzene rings is 1. The fraction of sp³-hybridized carbons (Fsp3) is 0.462. The standard InChI is InChI=1S/C13H16ClN2/c14-13-4-2-1-3-10(13)7-16-8-11-5-6-12(9-16)15-11/h1-4,7,11-12,15H,5-6,8-9H2. The van der Waals surface area contributed by atoms with Gasteiger partial charge in [0.2, 0.25) is 0 Å². The van der Waals surface area contributed by atoms with E-state index in [1.165, 1.54) is 12.8 Å². The summed E-state index contributed by atoms with van der Waals surface area (Å²) in [6.45, 7) is 4.43. The first-order valence-corrected chi connectivity index (χ1v) is 6.28. The lowest BCUT2D eigenvalue weighted by Gasteiger charge is -2.32. The van der Waals surface area contributed by atoms with Crippen molar-refractivity contribution in [2.45, 2.75) is 24.9 Å². The SMILES string of the molecule is Clc1ccccc1[CH]N1CC2CCC(C1)N2. The highest BCUT2D eigenvalue weighted by Crippen LogP contribution is 2.24. The number of hydrogen-bond acceptors (Lipinski definition) is 2. The van der Waals surface area contributed by atoms with E-state index in [1.807, 2.05) is 18.2 Å². The van der Waals surface area contributed by atoms with E-state index in [2.05, 4.69) is 22.8 Å². The molecule has 2 atom stereocenters. The van der Waals surface area contributed by atoms with Gasteiger partial charge in [0.05, 0.1) is 6.54 Å². The highest BCUT2D eigenvalue weighted by atomic mass is 35.5. The molecule has 0 saturated carbocycles. The Morgan fingerprint density at radius 1 is 1.19 bits per heavy atom. The smallest absolute Gasteiger partial charge is 0.0561 e. The van der Waals surface area contributed by atoms with Gasteiger partial charge in [-0.1, -0.05) is 29.8 Å². The maximum absolute atomic E-state index is 6.16. The van der Waals surface area contributed by atoms with E-state index in [4.69, 9.17) is 11.6 Å². The number of likely N-dealkylation sites (tertiary alicyclic amines) is 1. The van der Waals surface area contributed by atoms with Gasteiger partial charge >= 0.3 is 0 Å². The first-order chi connectivity index (χ1) is 7.81. The monoisotopic (exact) mass is 235 g/mol. The molecular formula is C13H16ClN2. The van der Waals surface area contributed by atoms with Crippen LogP contribution in [-0.4, -0.2) is 30.1 Å². The largest absolute Gasteiger partial charge is 0.309 e. The van der Waals surface area contributed by atoms with Crippen LogP contribution in [-0.2, 0) is 0 Å². The molecule has 2 heterocycles. The summed E-state index contributed by atoms with van der Waals surface area (Å²) in [5.41, 5.74) is 1.13. The zero-order valence-corrected chi connectivity index (χ0v) is 9.95. The van der Waals surface area contributed by atoms with E-state index in [1.54, 1.807) is 0 Å². The Morgan fingerprint density at radius 3 is 2.56 bits per heavy atom. The topological polar surface area (TPSA) is 15.3 Å². The van der Waals surface area contributed by atoms with Crippen molar-refractivity contribution in [3.63, 3.8) is 0 Å². The van der Waals surface area contributed by atoms with Crippen molar-refractivity contribution in [2.24, 2.45) is 0 Å². The summed E-state index contributed by atoms with van der Waals surface area (Å²) in [5.74, 6) is 0. The highest BCUT2D eigenvalue weighted by molar-refractivity contribution is 6.31. The Morgan fingerprint density at radius 2 is 1.88 bits per heavy atom. The van der Waals surface area contributed by atoms with E-state index >= 15 is 0 Å². The van der Waals surface area contributed by atoms with E-state index < -0.39 is 0 Å². The molecule has 0 amide bonds. The lowest BCUT2D eigenvalue weighted by Crippen LogP contribution is -2.49. The molecule has 3 rings (SSSR count). The van der Waals surface area contributed by atoms with Crippen LogP contribution in [0.4, 0.5) is 0 Å². The van der Waals surface area contributed by atoms with Crippen LogP contribution in [0.1, 0.15) is 18.4 Å². The van der Waals surface area contributed by atoms with Crippen molar-refractivity contribution in [3.8, 4) is 0 Å². The molecule has 0 spiro atoms. The summed E-state index contributed by atoms with van der Waals surface area (Å²) in [7, 11) is 0. The van der Waals surface area contributed by atoms with Crippen LogP contribution in [0.2, 0.25) is 5.02 Å². The van der Waals surface area contributed by atoms with Crippen molar-refractivity contribution >= 4 is 11.6 Å². The van der Waals surface area contributed by atoms with Crippen LogP contribution in [0.3, 0.4) is 0 Å². The lowest BCUT2D eigenvalue weighted by atomic mass is 10.1. The van der Waals surface area contributed by atoms with Gasteiger partial charge in [-0.05, 0) is 24.5 Å². The van der Waals surface area contributed by atoms with Crippen LogP contribution in [0.25, 0.3) is 0 Å². The quantitative estimate of drug-likeness (QED) is 0.846. The number of rotatable bonds is 2. The molecule has 16 heavy (non-hydrogen) atoms. The third-order valence-corrected chi connectivity index (χ3v) is 3.82. The summed E-state index contributed by atoms with van der Waals surface area (Å²) in [5, 5.41) is 4.47. The van der Waals surface area contributed by atoms with Crippen molar-refractivity contribution in [3.05, 3.63) is 41.4 Å². The minimum absolute atomic E-state index is 0.678. The molecule has 2 nitrogen and oxygen atoms in total. The summed E-state index contributed by atoms with van der Waals surface area (Å²) < 4.78 is 0. The predicted molar refractivity (Wildman–Crippen MR) is 66.4 cm³/mol. The fourth-order valence-corrected chi connectivity index (χ4v) is 2.90. The zero-order chi connectivity index (χ0) is 11.0. The molecule has 3 heteroatoms. The number of hydrogen-bond donors (Lipinski definition) is 1. The molecule has 0 aromatic heterocycles. The minimum atomic E-state index is 0.678. The van der Waals surface area contributed by atoms with Crippen LogP contribution < -0.4 is 5.32 Å². The molecule has 2 unspecified atom stereocenters. The van der Waals surface area contributed by atoms with Gasteiger partial charge in [-0.15, -0.1) is 0 Å². The zero-order valence-electron chi connectivity index (χ0n) is 9.20. The van der Waals surface area contributed by atoms with E-state index in [9.17, 15) is 0 Å². The molecular weight excluding hydrogens is 220 g/mol. The van der Waals surface area contributed by atoms with Gasteiger partial charge in [0.25, 0.3) is 0 Å². The Labute approximate surface area is 102 Å². The van der Waals surface area contributed by atoms with E-state index in [-0.39, 0.29) is 0 Å². The van der Waals surface area contributed by atoms with E-state index in [0.717, 1.165) is 23.7 Å². The third-order valence-electron chi connectivity index (χ3n) is 3.47. The second-order valence-electron chi connectivity index (χ2n) is 4.74. The third kappa shape index (κ3) is 2.10. The molecule has 2 aliphatic heterocycles. The van der Waals surface area contributed by atoms with Crippen molar-refractivity contribution in [2.75, 3.05) is 13.1 Å². The average molecular weight is 236 g/mol. The van der Waals surface area contributed by atoms with Gasteiger partial charge in [0, 0.05) is 30.2 Å². The Bertz CT molecular complexity index is 368. The summed E-state index contributed by atoms with van der Waals surface area (Å²) in [6.07, 6.45) is 2.63. The van der Waals surface area contributed by atoms with Gasteiger partial charge < -0.3 is 5.32 Å². The summed E-state index contributed by atoms with van der Waals surface area (Å²) in [4.78, 5) is 2.40.